The molecule has 0 heterocycles. The molecule has 4 nitrogen and oxygen atoms in total. The predicted octanol–water partition coefficient (Wildman–Crippen LogP) is 3.58. The summed E-state index contributed by atoms with van der Waals surface area (Å²) in [6.07, 6.45) is 0.630. The fourth-order valence-corrected chi connectivity index (χ4v) is 2.08. The van der Waals surface area contributed by atoms with Gasteiger partial charge in [0.25, 0.3) is 5.69 Å². The molecule has 0 aliphatic carbocycles. The highest BCUT2D eigenvalue weighted by atomic mass is 35.5. The van der Waals surface area contributed by atoms with Gasteiger partial charge in [-0.05, 0) is 30.7 Å². The summed E-state index contributed by atoms with van der Waals surface area (Å²) in [7, 11) is 0. The van der Waals surface area contributed by atoms with E-state index < -0.39 is 0 Å². The average molecular weight is 291 g/mol. The van der Waals surface area contributed by atoms with E-state index in [1.54, 1.807) is 12.1 Å². The van der Waals surface area contributed by atoms with Crippen LogP contribution in [0.5, 0.6) is 0 Å². The minimum Gasteiger partial charge on any atom is -0.312 e. The van der Waals surface area contributed by atoms with Crippen LogP contribution in [0, 0.1) is 10.1 Å². The van der Waals surface area contributed by atoms with E-state index in [2.05, 4.69) is 5.32 Å². The van der Waals surface area contributed by atoms with Crippen molar-refractivity contribution in [2.45, 2.75) is 13.0 Å². The number of nitro benzene ring substituents is 1. The number of rotatable bonds is 6. The normalized spacial score (nSPS) is 10.4. The van der Waals surface area contributed by atoms with Crippen molar-refractivity contribution in [1.82, 2.24) is 5.32 Å². The molecule has 0 unspecified atom stereocenters. The summed E-state index contributed by atoms with van der Waals surface area (Å²) in [4.78, 5) is 10.5. The standard InChI is InChI=1S/C15H15ClN2O2/c16-14-7-5-12(6-8-14)11-17-10-9-13-3-1-2-4-15(13)18(19)20/h1-8,17H,9-11H2. The van der Waals surface area contributed by atoms with Crippen LogP contribution in [0.1, 0.15) is 11.1 Å². The van der Waals surface area contributed by atoms with Gasteiger partial charge in [0.2, 0.25) is 0 Å². The summed E-state index contributed by atoms with van der Waals surface area (Å²) in [5.74, 6) is 0. The molecule has 0 saturated heterocycles. The Morgan fingerprint density at radius 3 is 2.50 bits per heavy atom. The minimum atomic E-state index is -0.339. The van der Waals surface area contributed by atoms with Crippen molar-refractivity contribution in [3.8, 4) is 0 Å². The SMILES string of the molecule is O=[N+]([O-])c1ccccc1CCNCc1ccc(Cl)cc1. The predicted molar refractivity (Wildman–Crippen MR) is 80.0 cm³/mol. The topological polar surface area (TPSA) is 55.2 Å². The monoisotopic (exact) mass is 290 g/mol. The lowest BCUT2D eigenvalue weighted by molar-refractivity contribution is -0.385. The first-order valence-electron chi connectivity index (χ1n) is 6.34. The fourth-order valence-electron chi connectivity index (χ4n) is 1.96. The molecule has 0 fully saturated rings. The van der Waals surface area contributed by atoms with Crippen LogP contribution in [-0.2, 0) is 13.0 Å². The van der Waals surface area contributed by atoms with Crippen LogP contribution < -0.4 is 5.32 Å². The summed E-state index contributed by atoms with van der Waals surface area (Å²) in [5.41, 5.74) is 2.07. The van der Waals surface area contributed by atoms with Crippen molar-refractivity contribution in [2.24, 2.45) is 0 Å². The lowest BCUT2D eigenvalue weighted by Crippen LogP contribution is -2.17. The number of halogens is 1. The van der Waals surface area contributed by atoms with Crippen molar-refractivity contribution < 1.29 is 4.92 Å². The first-order chi connectivity index (χ1) is 9.66. The maximum absolute atomic E-state index is 10.9. The molecule has 0 spiro atoms. The highest BCUT2D eigenvalue weighted by Gasteiger charge is 2.11. The second kappa shape index (κ2) is 7.03. The van der Waals surface area contributed by atoms with Crippen LogP contribution in [0.15, 0.2) is 48.5 Å². The average Bonchev–Trinajstić information content (AvgIpc) is 2.46. The Hall–Kier alpha value is -1.91. The molecule has 0 amide bonds. The van der Waals surface area contributed by atoms with Gasteiger partial charge in [0.15, 0.2) is 0 Å². The van der Waals surface area contributed by atoms with Gasteiger partial charge in [0.05, 0.1) is 4.92 Å². The molecule has 2 rings (SSSR count). The first kappa shape index (κ1) is 14.5. The van der Waals surface area contributed by atoms with Crippen LogP contribution in [0.4, 0.5) is 5.69 Å². The molecule has 0 radical (unpaired) electrons. The van der Waals surface area contributed by atoms with E-state index in [4.69, 9.17) is 11.6 Å². The lowest BCUT2D eigenvalue weighted by atomic mass is 10.1. The number of hydrogen-bond acceptors (Lipinski definition) is 3. The van der Waals surface area contributed by atoms with Crippen LogP contribution in [-0.4, -0.2) is 11.5 Å². The molecule has 2 aromatic carbocycles. The quantitative estimate of drug-likeness (QED) is 0.502. The van der Waals surface area contributed by atoms with E-state index in [0.717, 1.165) is 17.7 Å². The zero-order valence-electron chi connectivity index (χ0n) is 10.9. The molecule has 104 valence electrons. The van der Waals surface area contributed by atoms with Gasteiger partial charge in [-0.3, -0.25) is 10.1 Å². The van der Waals surface area contributed by atoms with Crippen molar-refractivity contribution >= 4 is 17.3 Å². The number of para-hydroxylation sites is 1. The van der Waals surface area contributed by atoms with Crippen molar-refractivity contribution in [3.05, 3.63) is 74.8 Å². The van der Waals surface area contributed by atoms with Crippen LogP contribution >= 0.6 is 11.6 Å². The molecular weight excluding hydrogens is 276 g/mol. The highest BCUT2D eigenvalue weighted by Crippen LogP contribution is 2.17. The minimum absolute atomic E-state index is 0.181. The van der Waals surface area contributed by atoms with E-state index in [-0.39, 0.29) is 10.6 Å². The molecule has 0 aromatic heterocycles. The summed E-state index contributed by atoms with van der Waals surface area (Å²) in [5, 5.41) is 14.9. The molecule has 1 N–H and O–H groups in total. The Morgan fingerprint density at radius 2 is 1.80 bits per heavy atom. The zero-order chi connectivity index (χ0) is 14.4. The Morgan fingerprint density at radius 1 is 1.10 bits per heavy atom. The Kier molecular flexibility index (Phi) is 5.09. The van der Waals surface area contributed by atoms with Crippen LogP contribution in [0.2, 0.25) is 5.02 Å². The smallest absolute Gasteiger partial charge is 0.272 e. The molecule has 0 aliphatic heterocycles. The van der Waals surface area contributed by atoms with Crippen molar-refractivity contribution in [1.29, 1.82) is 0 Å². The fraction of sp³-hybridized carbons (Fsp3) is 0.200. The molecular formula is C15H15ClN2O2. The number of hydrogen-bond donors (Lipinski definition) is 1. The molecule has 5 heteroatoms. The highest BCUT2D eigenvalue weighted by molar-refractivity contribution is 6.30. The zero-order valence-corrected chi connectivity index (χ0v) is 11.6. The van der Waals surface area contributed by atoms with Gasteiger partial charge >= 0.3 is 0 Å². The summed E-state index contributed by atoms with van der Waals surface area (Å²) >= 11 is 5.82. The maximum atomic E-state index is 10.9. The Balaban J connectivity index is 1.84. The first-order valence-corrected chi connectivity index (χ1v) is 6.72. The third-order valence-corrected chi connectivity index (χ3v) is 3.25. The summed E-state index contributed by atoms with van der Waals surface area (Å²) in [6, 6.07) is 14.4. The summed E-state index contributed by atoms with van der Waals surface area (Å²) in [6.45, 7) is 1.41. The van der Waals surface area contributed by atoms with Gasteiger partial charge in [-0.1, -0.05) is 41.9 Å². The van der Waals surface area contributed by atoms with Crippen molar-refractivity contribution in [3.63, 3.8) is 0 Å². The number of nitrogens with one attached hydrogen (secondary N) is 1. The van der Waals surface area contributed by atoms with E-state index in [9.17, 15) is 10.1 Å². The van der Waals surface area contributed by atoms with E-state index in [1.807, 2.05) is 30.3 Å². The van der Waals surface area contributed by atoms with E-state index >= 15 is 0 Å². The second-order valence-corrected chi connectivity index (χ2v) is 4.88. The lowest BCUT2D eigenvalue weighted by Gasteiger charge is -2.06. The second-order valence-electron chi connectivity index (χ2n) is 4.44. The van der Waals surface area contributed by atoms with Crippen molar-refractivity contribution in [2.75, 3.05) is 6.54 Å². The number of benzene rings is 2. The van der Waals surface area contributed by atoms with Gasteiger partial charge in [-0.25, -0.2) is 0 Å². The largest absolute Gasteiger partial charge is 0.312 e. The molecule has 0 saturated carbocycles. The van der Waals surface area contributed by atoms with Crippen LogP contribution in [0.3, 0.4) is 0 Å². The van der Waals surface area contributed by atoms with Gasteiger partial charge in [0.1, 0.15) is 0 Å². The Labute approximate surface area is 122 Å². The third kappa shape index (κ3) is 4.05. The molecule has 0 bridgehead atoms. The molecule has 20 heavy (non-hydrogen) atoms. The Bertz CT molecular complexity index is 585. The third-order valence-electron chi connectivity index (χ3n) is 3.00. The van der Waals surface area contributed by atoms with Gasteiger partial charge in [0, 0.05) is 23.2 Å². The molecule has 2 aromatic rings. The van der Waals surface area contributed by atoms with E-state index in [1.165, 1.54) is 6.07 Å². The summed E-state index contributed by atoms with van der Waals surface area (Å²) < 4.78 is 0. The number of nitro groups is 1. The maximum Gasteiger partial charge on any atom is 0.272 e. The van der Waals surface area contributed by atoms with E-state index in [0.29, 0.717) is 18.0 Å². The van der Waals surface area contributed by atoms with Gasteiger partial charge in [-0.2, -0.15) is 0 Å². The van der Waals surface area contributed by atoms with Gasteiger partial charge < -0.3 is 5.32 Å². The van der Waals surface area contributed by atoms with Gasteiger partial charge in [-0.15, -0.1) is 0 Å². The van der Waals surface area contributed by atoms with Crippen LogP contribution in [0.25, 0.3) is 0 Å². The molecule has 0 aliphatic rings. The molecule has 0 atom stereocenters. The number of nitrogens with zero attached hydrogens (tertiary/aromatic N) is 1.